The first-order valence-corrected chi connectivity index (χ1v) is 5.42. The molecule has 0 amide bonds. The third kappa shape index (κ3) is 5.02. The molecule has 0 N–H and O–H groups in total. The number of allylic oxidation sites excluding steroid dienone is 2. The maximum absolute atomic E-state index is 11.0. The van der Waals surface area contributed by atoms with Crippen LogP contribution in [0.3, 0.4) is 0 Å². The molecule has 0 bridgehead atoms. The van der Waals surface area contributed by atoms with Gasteiger partial charge in [0.1, 0.15) is 5.75 Å². The first kappa shape index (κ1) is 13.0. The first-order chi connectivity index (χ1) is 8.26. The lowest BCUT2D eigenvalue weighted by Gasteiger charge is -1.98. The Hall–Kier alpha value is -2.03. The number of ether oxygens (including phenoxy) is 2. The minimum Gasteiger partial charge on any atom is -0.497 e. The Morgan fingerprint density at radius 2 is 1.94 bits per heavy atom. The summed E-state index contributed by atoms with van der Waals surface area (Å²) in [5.74, 6) is 0.496. The van der Waals surface area contributed by atoms with E-state index in [0.717, 1.165) is 11.3 Å². The van der Waals surface area contributed by atoms with Gasteiger partial charge in [-0.15, -0.1) is 0 Å². The van der Waals surface area contributed by atoms with E-state index in [1.54, 1.807) is 26.2 Å². The van der Waals surface area contributed by atoms with Crippen molar-refractivity contribution in [3.8, 4) is 5.75 Å². The summed E-state index contributed by atoms with van der Waals surface area (Å²) in [6, 6.07) is 7.64. The van der Waals surface area contributed by atoms with Gasteiger partial charge in [-0.25, -0.2) is 4.79 Å². The second-order valence-electron chi connectivity index (χ2n) is 3.24. The average molecular weight is 232 g/mol. The predicted octanol–water partition coefficient (Wildman–Crippen LogP) is 2.83. The molecule has 1 aromatic carbocycles. The number of esters is 1. The molecule has 17 heavy (non-hydrogen) atoms. The molecular weight excluding hydrogens is 216 g/mol. The molecule has 3 heteroatoms. The lowest BCUT2D eigenvalue weighted by atomic mass is 10.2. The number of carbonyl (C=O) groups is 1. The molecule has 0 unspecified atom stereocenters. The number of methoxy groups -OCH3 is 1. The fourth-order valence-corrected chi connectivity index (χ4v) is 1.21. The van der Waals surface area contributed by atoms with Gasteiger partial charge in [-0.2, -0.15) is 0 Å². The Bertz CT molecular complexity index is 402. The van der Waals surface area contributed by atoms with Gasteiger partial charge in [0.2, 0.25) is 0 Å². The van der Waals surface area contributed by atoms with Crippen molar-refractivity contribution < 1.29 is 14.3 Å². The van der Waals surface area contributed by atoms with E-state index in [2.05, 4.69) is 0 Å². The summed E-state index contributed by atoms with van der Waals surface area (Å²) in [6.45, 7) is 2.17. The van der Waals surface area contributed by atoms with E-state index in [9.17, 15) is 4.79 Å². The third-order valence-electron chi connectivity index (χ3n) is 2.03. The van der Waals surface area contributed by atoms with Gasteiger partial charge in [0.05, 0.1) is 13.7 Å². The molecule has 0 heterocycles. The zero-order valence-corrected chi connectivity index (χ0v) is 10.1. The normalized spacial score (nSPS) is 10.9. The number of benzene rings is 1. The van der Waals surface area contributed by atoms with E-state index in [4.69, 9.17) is 9.47 Å². The van der Waals surface area contributed by atoms with Crippen molar-refractivity contribution in [3.63, 3.8) is 0 Å². The Kier molecular flexibility index (Phi) is 5.58. The second-order valence-corrected chi connectivity index (χ2v) is 3.24. The van der Waals surface area contributed by atoms with Crippen molar-refractivity contribution in [2.75, 3.05) is 13.7 Å². The van der Waals surface area contributed by atoms with Crippen molar-refractivity contribution in [2.24, 2.45) is 0 Å². The third-order valence-corrected chi connectivity index (χ3v) is 2.03. The zero-order chi connectivity index (χ0) is 12.5. The van der Waals surface area contributed by atoms with Crippen molar-refractivity contribution in [2.45, 2.75) is 6.92 Å². The van der Waals surface area contributed by atoms with E-state index in [1.165, 1.54) is 6.08 Å². The molecule has 0 aromatic heterocycles. The van der Waals surface area contributed by atoms with Gasteiger partial charge < -0.3 is 9.47 Å². The molecule has 1 rings (SSSR count). The largest absolute Gasteiger partial charge is 0.497 e. The highest BCUT2D eigenvalue weighted by molar-refractivity contribution is 5.82. The van der Waals surface area contributed by atoms with Crippen LogP contribution in [0.15, 0.2) is 42.5 Å². The van der Waals surface area contributed by atoms with E-state index >= 15 is 0 Å². The van der Waals surface area contributed by atoms with Gasteiger partial charge in [-0.3, -0.25) is 0 Å². The van der Waals surface area contributed by atoms with Crippen molar-refractivity contribution >= 4 is 12.0 Å². The quantitative estimate of drug-likeness (QED) is 0.445. The summed E-state index contributed by atoms with van der Waals surface area (Å²) < 4.78 is 9.80. The van der Waals surface area contributed by atoms with E-state index in [0.29, 0.717) is 6.61 Å². The maximum atomic E-state index is 11.0. The van der Waals surface area contributed by atoms with Crippen LogP contribution in [0.1, 0.15) is 12.5 Å². The van der Waals surface area contributed by atoms with Gasteiger partial charge in [0.15, 0.2) is 0 Å². The molecule has 90 valence electrons. The number of hydrogen-bond acceptors (Lipinski definition) is 3. The fourth-order valence-electron chi connectivity index (χ4n) is 1.21. The van der Waals surface area contributed by atoms with Gasteiger partial charge in [-0.05, 0) is 24.6 Å². The van der Waals surface area contributed by atoms with E-state index in [1.807, 2.05) is 30.3 Å². The van der Waals surface area contributed by atoms with Crippen LogP contribution in [0.4, 0.5) is 0 Å². The minimum absolute atomic E-state index is 0.327. The summed E-state index contributed by atoms with van der Waals surface area (Å²) in [5, 5.41) is 0. The predicted molar refractivity (Wildman–Crippen MR) is 67.8 cm³/mol. The molecule has 0 spiro atoms. The maximum Gasteiger partial charge on any atom is 0.330 e. The second kappa shape index (κ2) is 7.28. The van der Waals surface area contributed by atoms with Gasteiger partial charge in [0, 0.05) is 6.08 Å². The molecule has 0 saturated carbocycles. The number of hydrogen-bond donors (Lipinski definition) is 0. The molecule has 0 fully saturated rings. The van der Waals surface area contributed by atoms with Crippen LogP contribution in [0.2, 0.25) is 0 Å². The summed E-state index contributed by atoms with van der Waals surface area (Å²) in [5.41, 5.74) is 1.04. The van der Waals surface area contributed by atoms with Crippen LogP contribution >= 0.6 is 0 Å². The topological polar surface area (TPSA) is 35.5 Å². The highest BCUT2D eigenvalue weighted by Crippen LogP contribution is 2.12. The summed E-state index contributed by atoms with van der Waals surface area (Å²) in [6.07, 6.45) is 6.74. The molecule has 0 aliphatic carbocycles. The smallest absolute Gasteiger partial charge is 0.330 e. The fraction of sp³-hybridized carbons (Fsp3) is 0.214. The molecule has 1 aromatic rings. The first-order valence-electron chi connectivity index (χ1n) is 5.42. The average Bonchev–Trinajstić information content (AvgIpc) is 2.36. The van der Waals surface area contributed by atoms with Crippen LogP contribution in [0.5, 0.6) is 5.75 Å². The summed E-state index contributed by atoms with van der Waals surface area (Å²) in [4.78, 5) is 11.0. The van der Waals surface area contributed by atoms with E-state index in [-0.39, 0.29) is 5.97 Å². The Labute approximate surface area is 101 Å². The van der Waals surface area contributed by atoms with Crippen LogP contribution in [0, 0.1) is 0 Å². The number of carbonyl (C=O) groups excluding carboxylic acids is 1. The van der Waals surface area contributed by atoms with Crippen LogP contribution < -0.4 is 4.74 Å². The van der Waals surface area contributed by atoms with Crippen LogP contribution in [-0.4, -0.2) is 19.7 Å². The SMILES string of the molecule is CCOC(=O)/C=C/C=C/c1ccc(OC)cc1. The van der Waals surface area contributed by atoms with Crippen molar-refractivity contribution in [1.29, 1.82) is 0 Å². The van der Waals surface area contributed by atoms with Crippen LogP contribution in [-0.2, 0) is 9.53 Å². The molecule has 0 aliphatic rings. The van der Waals surface area contributed by atoms with Gasteiger partial charge >= 0.3 is 5.97 Å². The van der Waals surface area contributed by atoms with Gasteiger partial charge in [0.25, 0.3) is 0 Å². The molecule has 0 saturated heterocycles. The van der Waals surface area contributed by atoms with Gasteiger partial charge in [-0.1, -0.05) is 30.4 Å². The van der Waals surface area contributed by atoms with Crippen molar-refractivity contribution in [3.05, 3.63) is 48.1 Å². The molecule has 0 aliphatic heterocycles. The molecular formula is C14H16O3. The monoisotopic (exact) mass is 232 g/mol. The van der Waals surface area contributed by atoms with Crippen LogP contribution in [0.25, 0.3) is 6.08 Å². The van der Waals surface area contributed by atoms with E-state index < -0.39 is 0 Å². The lowest BCUT2D eigenvalue weighted by molar-refractivity contribution is -0.137. The lowest BCUT2D eigenvalue weighted by Crippen LogP contribution is -1.98. The Morgan fingerprint density at radius 1 is 1.24 bits per heavy atom. The number of rotatable bonds is 5. The highest BCUT2D eigenvalue weighted by atomic mass is 16.5. The Balaban J connectivity index is 2.50. The van der Waals surface area contributed by atoms with Crippen molar-refractivity contribution in [1.82, 2.24) is 0 Å². The molecule has 3 nitrogen and oxygen atoms in total. The standard InChI is InChI=1S/C14H16O3/c1-3-17-14(15)7-5-4-6-12-8-10-13(16-2)11-9-12/h4-11H,3H2,1-2H3/b6-4+,7-5+. The summed E-state index contributed by atoms with van der Waals surface area (Å²) >= 11 is 0. The zero-order valence-electron chi connectivity index (χ0n) is 10.1. The molecule has 0 radical (unpaired) electrons. The summed E-state index contributed by atoms with van der Waals surface area (Å²) in [7, 11) is 1.63. The highest BCUT2D eigenvalue weighted by Gasteiger charge is 1.91. The Morgan fingerprint density at radius 3 is 2.53 bits per heavy atom. The molecule has 0 atom stereocenters. The minimum atomic E-state index is -0.327.